The van der Waals surface area contributed by atoms with Crippen LogP contribution in [0.5, 0.6) is 5.75 Å². The van der Waals surface area contributed by atoms with Gasteiger partial charge >= 0.3 is 0 Å². The molecule has 1 aliphatic rings. The molecule has 1 amide bonds. The van der Waals surface area contributed by atoms with Gasteiger partial charge in [0.1, 0.15) is 5.75 Å². The van der Waals surface area contributed by atoms with Crippen molar-refractivity contribution in [3.05, 3.63) is 80.7 Å². The number of nitrogens with one attached hydrogen (secondary N) is 1. The van der Waals surface area contributed by atoms with Crippen molar-refractivity contribution in [1.29, 1.82) is 0 Å². The van der Waals surface area contributed by atoms with Crippen molar-refractivity contribution >= 4 is 55.1 Å². The van der Waals surface area contributed by atoms with E-state index in [-0.39, 0.29) is 11.7 Å². The van der Waals surface area contributed by atoms with Crippen molar-refractivity contribution in [2.75, 3.05) is 5.32 Å². The zero-order valence-electron chi connectivity index (χ0n) is 13.5. The minimum Gasteiger partial charge on any atom is -0.506 e. The molecule has 0 fully saturated rings. The first-order chi connectivity index (χ1) is 12.5. The highest BCUT2D eigenvalue weighted by Crippen LogP contribution is 2.38. The molecule has 2 N–H and O–H groups in total. The van der Waals surface area contributed by atoms with Gasteiger partial charge in [-0.3, -0.25) is 4.79 Å². The van der Waals surface area contributed by atoms with Crippen LogP contribution >= 0.6 is 31.9 Å². The number of aromatic hydroxyl groups is 1. The summed E-state index contributed by atoms with van der Waals surface area (Å²) < 4.78 is 1.13. The average Bonchev–Trinajstić information content (AvgIpc) is 2.95. The van der Waals surface area contributed by atoms with Crippen molar-refractivity contribution < 1.29 is 9.90 Å². The molecule has 0 atom stereocenters. The molecule has 0 unspecified atom stereocenters. The van der Waals surface area contributed by atoms with Crippen LogP contribution in [-0.4, -0.2) is 11.0 Å². The Morgan fingerprint density at radius 3 is 2.27 bits per heavy atom. The zero-order chi connectivity index (χ0) is 18.3. The van der Waals surface area contributed by atoms with Gasteiger partial charge in [-0.2, -0.15) is 0 Å². The van der Waals surface area contributed by atoms with E-state index in [2.05, 4.69) is 37.2 Å². The summed E-state index contributed by atoms with van der Waals surface area (Å²) in [6.45, 7) is 0. The van der Waals surface area contributed by atoms with E-state index in [1.54, 1.807) is 12.1 Å². The fraction of sp³-hybridized carbons (Fsp3) is 0. The van der Waals surface area contributed by atoms with Crippen LogP contribution in [0.4, 0.5) is 5.69 Å². The van der Waals surface area contributed by atoms with Gasteiger partial charge in [-0.25, -0.2) is 0 Å². The lowest BCUT2D eigenvalue weighted by molar-refractivity contribution is -0.110. The molecular formula is C21H13Br2NO2. The second kappa shape index (κ2) is 6.74. The van der Waals surface area contributed by atoms with Crippen LogP contribution in [-0.2, 0) is 4.79 Å². The van der Waals surface area contributed by atoms with Gasteiger partial charge in [-0.1, -0.05) is 42.5 Å². The number of carbonyl (C=O) groups excluding carboxylic acids is 1. The zero-order valence-corrected chi connectivity index (χ0v) is 16.6. The Kier molecular flexibility index (Phi) is 4.42. The molecule has 1 aliphatic heterocycles. The second-order valence-electron chi connectivity index (χ2n) is 5.97. The summed E-state index contributed by atoms with van der Waals surface area (Å²) >= 11 is 6.64. The van der Waals surface area contributed by atoms with Crippen LogP contribution < -0.4 is 5.32 Å². The summed E-state index contributed by atoms with van der Waals surface area (Å²) in [4.78, 5) is 12.5. The fourth-order valence-corrected chi connectivity index (χ4v) is 4.20. The number of phenols is 1. The molecule has 26 heavy (non-hydrogen) atoms. The smallest absolute Gasteiger partial charge is 0.256 e. The number of halogens is 2. The minimum atomic E-state index is -0.134. The predicted molar refractivity (Wildman–Crippen MR) is 112 cm³/mol. The van der Waals surface area contributed by atoms with Crippen LogP contribution in [0.1, 0.15) is 11.1 Å². The third-order valence-corrected chi connectivity index (χ3v) is 5.47. The summed E-state index contributed by atoms with van der Waals surface area (Å²) in [5.41, 5.74) is 5.25. The first-order valence-electron chi connectivity index (χ1n) is 7.94. The first-order valence-corrected chi connectivity index (χ1v) is 9.52. The molecule has 0 aliphatic carbocycles. The lowest BCUT2D eigenvalue weighted by atomic mass is 9.99. The van der Waals surface area contributed by atoms with Gasteiger partial charge in [0.05, 0.1) is 8.95 Å². The maximum Gasteiger partial charge on any atom is 0.256 e. The number of fused-ring (bicyclic) bond motifs is 1. The van der Waals surface area contributed by atoms with Gasteiger partial charge in [0.15, 0.2) is 0 Å². The van der Waals surface area contributed by atoms with Crippen molar-refractivity contribution in [3.8, 4) is 16.9 Å². The Labute approximate surface area is 167 Å². The summed E-state index contributed by atoms with van der Waals surface area (Å²) in [6, 6.07) is 19.6. The number of carbonyl (C=O) groups is 1. The van der Waals surface area contributed by atoms with Gasteiger partial charge in [0, 0.05) is 16.8 Å². The van der Waals surface area contributed by atoms with Crippen molar-refractivity contribution in [2.45, 2.75) is 0 Å². The number of anilines is 1. The van der Waals surface area contributed by atoms with E-state index < -0.39 is 0 Å². The maximum atomic E-state index is 12.5. The molecule has 0 aromatic heterocycles. The van der Waals surface area contributed by atoms with E-state index >= 15 is 0 Å². The summed E-state index contributed by atoms with van der Waals surface area (Å²) in [6.07, 6.45) is 1.82. The molecule has 0 radical (unpaired) electrons. The number of hydrogen-bond donors (Lipinski definition) is 2. The van der Waals surface area contributed by atoms with E-state index in [1.165, 1.54) is 0 Å². The van der Waals surface area contributed by atoms with Gasteiger partial charge in [-0.15, -0.1) is 0 Å². The Morgan fingerprint density at radius 2 is 1.58 bits per heavy atom. The second-order valence-corrected chi connectivity index (χ2v) is 7.68. The average molecular weight is 471 g/mol. The summed E-state index contributed by atoms with van der Waals surface area (Å²) in [7, 11) is 0. The maximum absolute atomic E-state index is 12.5. The van der Waals surface area contributed by atoms with Crippen molar-refractivity contribution in [3.63, 3.8) is 0 Å². The number of benzene rings is 3. The highest BCUT2D eigenvalue weighted by molar-refractivity contribution is 9.11. The topological polar surface area (TPSA) is 49.3 Å². The molecule has 0 saturated carbocycles. The lowest BCUT2D eigenvalue weighted by Gasteiger charge is -2.05. The standard InChI is InChI=1S/C21H13Br2NO2/c22-17-9-12(10-18(23)20(17)25)8-16-15-7-6-14(11-19(15)24-21(16)26)13-4-2-1-3-5-13/h1-11,25H,(H,24,26)/b16-8-. The van der Waals surface area contributed by atoms with Crippen LogP contribution in [0.3, 0.4) is 0 Å². The van der Waals surface area contributed by atoms with E-state index in [0.717, 1.165) is 27.9 Å². The molecule has 3 aromatic rings. The fourth-order valence-electron chi connectivity index (χ4n) is 2.98. The third-order valence-electron chi connectivity index (χ3n) is 4.26. The Bertz CT molecular complexity index is 1040. The number of rotatable bonds is 2. The Morgan fingerprint density at radius 1 is 0.885 bits per heavy atom. The van der Waals surface area contributed by atoms with Crippen LogP contribution in [0.15, 0.2) is 69.6 Å². The normalized spacial score (nSPS) is 14.4. The monoisotopic (exact) mass is 469 g/mol. The molecule has 0 bridgehead atoms. The molecule has 128 valence electrons. The van der Waals surface area contributed by atoms with Gasteiger partial charge in [0.25, 0.3) is 5.91 Å². The van der Waals surface area contributed by atoms with E-state index in [1.807, 2.05) is 54.6 Å². The quantitative estimate of drug-likeness (QED) is 0.446. The van der Waals surface area contributed by atoms with Crippen molar-refractivity contribution in [1.82, 2.24) is 0 Å². The molecule has 3 nitrogen and oxygen atoms in total. The number of hydrogen-bond acceptors (Lipinski definition) is 2. The molecule has 0 spiro atoms. The summed E-state index contributed by atoms with van der Waals surface area (Å²) in [5.74, 6) is 0.00135. The molecule has 1 heterocycles. The van der Waals surface area contributed by atoms with E-state index in [9.17, 15) is 9.90 Å². The van der Waals surface area contributed by atoms with Crippen molar-refractivity contribution in [2.24, 2.45) is 0 Å². The highest BCUT2D eigenvalue weighted by atomic mass is 79.9. The SMILES string of the molecule is O=C1Nc2cc(-c3ccccc3)ccc2/C1=C/c1cc(Br)c(O)c(Br)c1. The molecular weight excluding hydrogens is 458 g/mol. The van der Waals surface area contributed by atoms with Gasteiger partial charge < -0.3 is 10.4 Å². The van der Waals surface area contributed by atoms with E-state index in [0.29, 0.717) is 14.5 Å². The Balaban J connectivity index is 1.76. The largest absolute Gasteiger partial charge is 0.506 e. The molecule has 4 rings (SSSR count). The minimum absolute atomic E-state index is 0.134. The number of amides is 1. The number of phenolic OH excluding ortho intramolecular Hbond substituents is 1. The Hall–Kier alpha value is -2.37. The molecule has 3 aromatic carbocycles. The molecule has 0 saturated heterocycles. The van der Waals surface area contributed by atoms with Gasteiger partial charge in [0.2, 0.25) is 0 Å². The van der Waals surface area contributed by atoms with E-state index in [4.69, 9.17) is 0 Å². The van der Waals surface area contributed by atoms with Crippen LogP contribution in [0, 0.1) is 0 Å². The first kappa shape index (κ1) is 17.1. The van der Waals surface area contributed by atoms with Crippen LogP contribution in [0.25, 0.3) is 22.8 Å². The van der Waals surface area contributed by atoms with Gasteiger partial charge in [-0.05, 0) is 72.8 Å². The third kappa shape index (κ3) is 3.08. The summed E-state index contributed by atoms with van der Waals surface area (Å²) in [5, 5.41) is 12.8. The highest BCUT2D eigenvalue weighted by Gasteiger charge is 2.24. The molecule has 5 heteroatoms. The predicted octanol–water partition coefficient (Wildman–Crippen LogP) is 6.08. The van der Waals surface area contributed by atoms with Crippen LogP contribution in [0.2, 0.25) is 0 Å². The lowest BCUT2D eigenvalue weighted by Crippen LogP contribution is -2.03.